The highest BCUT2D eigenvalue weighted by Gasteiger charge is 2.27. The number of rotatable bonds is 4. The predicted octanol–water partition coefficient (Wildman–Crippen LogP) is 4.08. The average molecular weight is 301 g/mol. The fourth-order valence-corrected chi connectivity index (χ4v) is 1.67. The summed E-state index contributed by atoms with van der Waals surface area (Å²) >= 11 is 3.15. The molecule has 0 saturated carbocycles. The summed E-state index contributed by atoms with van der Waals surface area (Å²) in [7, 11) is 0. The predicted molar refractivity (Wildman–Crippen MR) is 58.2 cm³/mol. The number of ether oxygens (including phenoxy) is 1. The zero-order valence-electron chi connectivity index (χ0n) is 7.55. The minimum atomic E-state index is -4.18. The van der Waals surface area contributed by atoms with Crippen molar-refractivity contribution in [2.75, 3.05) is 12.4 Å². The highest BCUT2D eigenvalue weighted by atomic mass is 79.9. The Hall–Kier alpha value is -0.360. The van der Waals surface area contributed by atoms with E-state index < -0.39 is 5.51 Å². The molecule has 15 heavy (non-hydrogen) atoms. The van der Waals surface area contributed by atoms with Crippen molar-refractivity contribution in [1.29, 1.82) is 0 Å². The van der Waals surface area contributed by atoms with Gasteiger partial charge in [0.15, 0.2) is 0 Å². The molecule has 1 rings (SSSR count). The van der Waals surface area contributed by atoms with Gasteiger partial charge in [-0.2, -0.15) is 13.2 Å². The summed E-state index contributed by atoms with van der Waals surface area (Å²) < 4.78 is 41.2. The Morgan fingerprint density at radius 3 is 2.53 bits per heavy atom. The number of thioether (sulfide) groups is 1. The molecule has 0 amide bonds. The third kappa shape index (κ3) is 5.32. The van der Waals surface area contributed by atoms with Crippen molar-refractivity contribution in [3.05, 3.63) is 28.7 Å². The third-order valence-electron chi connectivity index (χ3n) is 1.44. The summed E-state index contributed by atoms with van der Waals surface area (Å²) in [5.74, 6) is 0.449. The first-order chi connectivity index (χ1) is 6.99. The summed E-state index contributed by atoms with van der Waals surface area (Å²) in [6.07, 6.45) is 0. The van der Waals surface area contributed by atoms with Crippen molar-refractivity contribution in [3.8, 4) is 5.75 Å². The topological polar surface area (TPSA) is 9.23 Å². The second kappa shape index (κ2) is 5.65. The van der Waals surface area contributed by atoms with E-state index in [4.69, 9.17) is 4.74 Å². The first-order valence-corrected chi connectivity index (χ1v) is 5.85. The van der Waals surface area contributed by atoms with Crippen LogP contribution in [0.2, 0.25) is 0 Å². The molecule has 1 aromatic rings. The van der Waals surface area contributed by atoms with E-state index in [1.54, 1.807) is 24.3 Å². The van der Waals surface area contributed by atoms with E-state index in [-0.39, 0.29) is 24.1 Å². The first-order valence-electron chi connectivity index (χ1n) is 4.07. The largest absolute Gasteiger partial charge is 0.492 e. The zero-order chi connectivity index (χ0) is 11.3. The molecule has 1 nitrogen and oxygen atoms in total. The number of halogens is 4. The highest BCUT2D eigenvalue weighted by Crippen LogP contribution is 2.30. The van der Waals surface area contributed by atoms with Crippen LogP contribution in [0, 0.1) is 0 Å². The average Bonchev–Trinajstić information content (AvgIpc) is 2.13. The van der Waals surface area contributed by atoms with Crippen LogP contribution < -0.4 is 4.74 Å². The van der Waals surface area contributed by atoms with E-state index in [0.29, 0.717) is 5.75 Å². The normalized spacial score (nSPS) is 11.5. The number of hydrogen-bond acceptors (Lipinski definition) is 2. The van der Waals surface area contributed by atoms with Gasteiger partial charge in [-0.15, -0.1) is 0 Å². The standard InChI is InChI=1S/C9H8BrF3OS/c10-7-3-1-2-4-8(7)14-5-6-15-9(11,12)13/h1-4H,5-6H2. The number of alkyl halides is 3. The Kier molecular flexibility index (Phi) is 4.79. The van der Waals surface area contributed by atoms with Gasteiger partial charge in [-0.3, -0.25) is 0 Å². The van der Waals surface area contributed by atoms with Crippen LogP contribution >= 0.6 is 27.7 Å². The molecule has 0 aliphatic rings. The van der Waals surface area contributed by atoms with Crippen LogP contribution in [0.3, 0.4) is 0 Å². The minimum absolute atomic E-state index is 0.0345. The van der Waals surface area contributed by atoms with Crippen molar-refractivity contribution in [3.63, 3.8) is 0 Å². The molecule has 1 aromatic carbocycles. The van der Waals surface area contributed by atoms with Gasteiger partial charge in [-0.25, -0.2) is 0 Å². The molecule has 0 saturated heterocycles. The fraction of sp³-hybridized carbons (Fsp3) is 0.333. The molecular formula is C9H8BrF3OS. The van der Waals surface area contributed by atoms with Crippen molar-refractivity contribution in [1.82, 2.24) is 0 Å². The minimum Gasteiger partial charge on any atom is -0.492 e. The fourth-order valence-electron chi connectivity index (χ4n) is 0.871. The Labute approximate surface area is 98.1 Å². The van der Waals surface area contributed by atoms with Gasteiger partial charge in [0.2, 0.25) is 0 Å². The molecule has 0 bridgehead atoms. The van der Waals surface area contributed by atoms with Crippen LogP contribution in [0.4, 0.5) is 13.2 Å². The maximum absolute atomic E-state index is 11.8. The Morgan fingerprint density at radius 2 is 1.93 bits per heavy atom. The molecule has 0 unspecified atom stereocenters. The number of hydrogen-bond donors (Lipinski definition) is 0. The second-order valence-electron chi connectivity index (χ2n) is 2.57. The lowest BCUT2D eigenvalue weighted by molar-refractivity contribution is -0.0329. The quantitative estimate of drug-likeness (QED) is 0.775. The van der Waals surface area contributed by atoms with E-state index in [9.17, 15) is 13.2 Å². The van der Waals surface area contributed by atoms with E-state index >= 15 is 0 Å². The van der Waals surface area contributed by atoms with Gasteiger partial charge in [0.1, 0.15) is 5.75 Å². The maximum atomic E-state index is 11.8. The van der Waals surface area contributed by atoms with E-state index in [0.717, 1.165) is 4.47 Å². The lowest BCUT2D eigenvalue weighted by Crippen LogP contribution is -2.07. The lowest BCUT2D eigenvalue weighted by atomic mass is 10.3. The molecule has 0 fully saturated rings. The third-order valence-corrected chi connectivity index (χ3v) is 2.80. The molecule has 0 aliphatic heterocycles. The van der Waals surface area contributed by atoms with Gasteiger partial charge in [0, 0.05) is 5.75 Å². The summed E-state index contributed by atoms with van der Waals surface area (Å²) in [5.41, 5.74) is -4.18. The second-order valence-corrected chi connectivity index (χ2v) is 4.59. The smallest absolute Gasteiger partial charge is 0.441 e. The van der Waals surface area contributed by atoms with Gasteiger partial charge in [-0.05, 0) is 39.8 Å². The molecule has 0 aromatic heterocycles. The van der Waals surface area contributed by atoms with Crippen LogP contribution in [0.15, 0.2) is 28.7 Å². The molecule has 0 N–H and O–H groups in total. The molecule has 0 radical (unpaired) electrons. The van der Waals surface area contributed by atoms with Crippen molar-refractivity contribution < 1.29 is 17.9 Å². The molecule has 84 valence electrons. The zero-order valence-corrected chi connectivity index (χ0v) is 9.95. The van der Waals surface area contributed by atoms with Crippen molar-refractivity contribution >= 4 is 27.7 Å². The Morgan fingerprint density at radius 1 is 1.27 bits per heavy atom. The maximum Gasteiger partial charge on any atom is 0.441 e. The molecule has 0 spiro atoms. The van der Waals surface area contributed by atoms with E-state index in [1.807, 2.05) is 0 Å². The first kappa shape index (κ1) is 12.7. The molecule has 0 heterocycles. The van der Waals surface area contributed by atoms with Gasteiger partial charge < -0.3 is 4.74 Å². The monoisotopic (exact) mass is 300 g/mol. The van der Waals surface area contributed by atoms with Crippen molar-refractivity contribution in [2.24, 2.45) is 0 Å². The van der Waals surface area contributed by atoms with Gasteiger partial charge in [0.25, 0.3) is 0 Å². The van der Waals surface area contributed by atoms with Crippen LogP contribution in [0.25, 0.3) is 0 Å². The van der Waals surface area contributed by atoms with Gasteiger partial charge in [-0.1, -0.05) is 12.1 Å². The number of para-hydroxylation sites is 1. The molecule has 0 aliphatic carbocycles. The molecule has 0 atom stereocenters. The van der Waals surface area contributed by atoms with Crippen LogP contribution in [-0.4, -0.2) is 17.9 Å². The van der Waals surface area contributed by atoms with Crippen molar-refractivity contribution in [2.45, 2.75) is 5.51 Å². The molecular weight excluding hydrogens is 293 g/mol. The Bertz CT molecular complexity index is 316. The van der Waals surface area contributed by atoms with Crippen LogP contribution in [0.5, 0.6) is 5.75 Å². The summed E-state index contributed by atoms with van der Waals surface area (Å²) in [6, 6.07) is 7.03. The van der Waals surface area contributed by atoms with Gasteiger partial charge >= 0.3 is 5.51 Å². The van der Waals surface area contributed by atoms with Crippen LogP contribution in [0.1, 0.15) is 0 Å². The van der Waals surface area contributed by atoms with E-state index in [1.165, 1.54) is 0 Å². The highest BCUT2D eigenvalue weighted by molar-refractivity contribution is 9.10. The SMILES string of the molecule is FC(F)(F)SCCOc1ccccc1Br. The summed E-state index contributed by atoms with van der Waals surface area (Å²) in [6.45, 7) is 0.0345. The summed E-state index contributed by atoms with van der Waals surface area (Å²) in [4.78, 5) is 0. The Balaban J connectivity index is 2.30. The molecule has 6 heteroatoms. The van der Waals surface area contributed by atoms with Gasteiger partial charge in [0.05, 0.1) is 11.1 Å². The lowest BCUT2D eigenvalue weighted by Gasteiger charge is -2.08. The number of benzene rings is 1. The summed E-state index contributed by atoms with van der Waals surface area (Å²) in [5, 5.41) is 0. The van der Waals surface area contributed by atoms with E-state index in [2.05, 4.69) is 15.9 Å². The van der Waals surface area contributed by atoms with Crippen LogP contribution in [-0.2, 0) is 0 Å².